The fourth-order valence-electron chi connectivity index (χ4n) is 3.75. The molecule has 1 amide bonds. The number of hydrogen-bond acceptors (Lipinski definition) is 4. The van der Waals surface area contributed by atoms with Crippen molar-refractivity contribution in [3.63, 3.8) is 0 Å². The van der Waals surface area contributed by atoms with Crippen LogP contribution in [-0.2, 0) is 11.8 Å². The Morgan fingerprint density at radius 2 is 1.85 bits per heavy atom. The molecule has 2 heterocycles. The fourth-order valence-corrected chi connectivity index (χ4v) is 4.62. The molecule has 1 saturated heterocycles. The molecule has 0 aliphatic carbocycles. The van der Waals surface area contributed by atoms with Crippen molar-refractivity contribution < 1.29 is 4.79 Å². The molecular weight excluding hydrogens is 344 g/mol. The van der Waals surface area contributed by atoms with E-state index in [0.717, 1.165) is 29.4 Å². The highest BCUT2D eigenvalue weighted by Gasteiger charge is 2.32. The van der Waals surface area contributed by atoms with Gasteiger partial charge < -0.3 is 9.47 Å². The van der Waals surface area contributed by atoms with Crippen LogP contribution in [0.4, 0.5) is 0 Å². The molecule has 140 valence electrons. The van der Waals surface area contributed by atoms with E-state index in [0.29, 0.717) is 12.1 Å². The quantitative estimate of drug-likeness (QED) is 0.760. The van der Waals surface area contributed by atoms with Gasteiger partial charge >= 0.3 is 0 Å². The Morgan fingerprint density at radius 3 is 2.50 bits per heavy atom. The first kappa shape index (κ1) is 19.0. The summed E-state index contributed by atoms with van der Waals surface area (Å²) in [6.07, 6.45) is 3.39. The van der Waals surface area contributed by atoms with Gasteiger partial charge in [0.05, 0.1) is 5.25 Å². The summed E-state index contributed by atoms with van der Waals surface area (Å²) in [5.41, 5.74) is 2.24. The molecular formula is C20H28N4OS. The zero-order chi connectivity index (χ0) is 18.8. The molecule has 1 aromatic heterocycles. The lowest BCUT2D eigenvalue weighted by molar-refractivity contribution is -0.136. The third-order valence-corrected chi connectivity index (χ3v) is 6.42. The molecule has 0 unspecified atom stereocenters. The molecule has 0 N–H and O–H groups in total. The topological polar surface area (TPSA) is 51.0 Å². The largest absolute Gasteiger partial charge is 0.336 e. The number of nitrogens with zero attached hydrogens (tertiary/aromatic N) is 4. The van der Waals surface area contributed by atoms with Crippen molar-refractivity contribution in [1.29, 1.82) is 0 Å². The van der Waals surface area contributed by atoms with Gasteiger partial charge in [-0.1, -0.05) is 36.0 Å². The second-order valence-corrected chi connectivity index (χ2v) is 8.62. The van der Waals surface area contributed by atoms with Gasteiger partial charge in [0.15, 0.2) is 11.0 Å². The number of aryl methyl sites for hydroxylation is 1. The van der Waals surface area contributed by atoms with Crippen LogP contribution in [-0.4, -0.2) is 42.9 Å². The van der Waals surface area contributed by atoms with Gasteiger partial charge in [-0.25, -0.2) is 0 Å². The molecule has 2 aromatic rings. The number of aromatic nitrogens is 3. The smallest absolute Gasteiger partial charge is 0.236 e. The highest BCUT2D eigenvalue weighted by atomic mass is 32.2. The first-order valence-corrected chi connectivity index (χ1v) is 10.2. The van der Waals surface area contributed by atoms with Crippen molar-refractivity contribution in [2.45, 2.75) is 69.4 Å². The van der Waals surface area contributed by atoms with Crippen LogP contribution >= 0.6 is 11.8 Å². The van der Waals surface area contributed by atoms with Crippen LogP contribution in [0.1, 0.15) is 45.6 Å². The van der Waals surface area contributed by atoms with Gasteiger partial charge in [-0.2, -0.15) is 0 Å². The van der Waals surface area contributed by atoms with Crippen LogP contribution < -0.4 is 0 Å². The second-order valence-electron chi connectivity index (χ2n) is 7.31. The monoisotopic (exact) mass is 372 g/mol. The second kappa shape index (κ2) is 7.82. The van der Waals surface area contributed by atoms with Crippen LogP contribution in [0, 0.1) is 6.92 Å². The average Bonchev–Trinajstić information content (AvgIpc) is 2.95. The zero-order valence-corrected chi connectivity index (χ0v) is 17.1. The minimum absolute atomic E-state index is 0.175. The Hall–Kier alpha value is -1.82. The maximum absolute atomic E-state index is 13.0. The minimum atomic E-state index is -0.175. The van der Waals surface area contributed by atoms with E-state index in [9.17, 15) is 4.79 Å². The lowest BCUT2D eigenvalue weighted by Gasteiger charge is -2.40. The van der Waals surface area contributed by atoms with Crippen molar-refractivity contribution in [2.24, 2.45) is 7.05 Å². The molecule has 1 fully saturated rings. The number of hydrogen-bond donors (Lipinski definition) is 0. The molecule has 1 aromatic carbocycles. The van der Waals surface area contributed by atoms with Crippen molar-refractivity contribution in [3.8, 4) is 11.4 Å². The molecule has 5 nitrogen and oxygen atoms in total. The summed E-state index contributed by atoms with van der Waals surface area (Å²) >= 11 is 1.50. The Balaban J connectivity index is 1.77. The number of piperidine rings is 1. The van der Waals surface area contributed by atoms with E-state index in [2.05, 4.69) is 48.0 Å². The van der Waals surface area contributed by atoms with E-state index >= 15 is 0 Å². The van der Waals surface area contributed by atoms with Gasteiger partial charge in [-0.05, 0) is 52.5 Å². The summed E-state index contributed by atoms with van der Waals surface area (Å²) in [5.74, 6) is 1.04. The van der Waals surface area contributed by atoms with Crippen LogP contribution in [0.15, 0.2) is 29.4 Å². The molecule has 3 rings (SSSR count). The highest BCUT2D eigenvalue weighted by Crippen LogP contribution is 2.30. The summed E-state index contributed by atoms with van der Waals surface area (Å²) in [5, 5.41) is 9.32. The number of carbonyl (C=O) groups excluding carboxylic acids is 1. The summed E-state index contributed by atoms with van der Waals surface area (Å²) in [4.78, 5) is 15.1. The number of benzene rings is 1. The Morgan fingerprint density at radius 1 is 1.19 bits per heavy atom. The molecule has 0 radical (unpaired) electrons. The predicted octanol–water partition coefficient (Wildman–Crippen LogP) is 4.06. The van der Waals surface area contributed by atoms with E-state index in [-0.39, 0.29) is 11.2 Å². The molecule has 3 atom stereocenters. The van der Waals surface area contributed by atoms with Gasteiger partial charge in [0.1, 0.15) is 0 Å². The van der Waals surface area contributed by atoms with Crippen molar-refractivity contribution in [1.82, 2.24) is 19.7 Å². The van der Waals surface area contributed by atoms with Crippen molar-refractivity contribution in [2.75, 3.05) is 0 Å². The van der Waals surface area contributed by atoms with Crippen LogP contribution in [0.3, 0.4) is 0 Å². The average molecular weight is 373 g/mol. The molecule has 0 spiro atoms. The summed E-state index contributed by atoms with van der Waals surface area (Å²) in [6.45, 7) is 8.36. The summed E-state index contributed by atoms with van der Waals surface area (Å²) in [7, 11) is 1.97. The molecule has 6 heteroatoms. The maximum atomic E-state index is 13.0. The SMILES string of the molecule is Cc1ccccc1-c1nnc(S[C@H](C)C(=O)N2[C@@H](C)CCC[C@@H]2C)n1C. The van der Waals surface area contributed by atoms with Crippen LogP contribution in [0.25, 0.3) is 11.4 Å². The molecule has 1 aliphatic heterocycles. The number of likely N-dealkylation sites (tertiary alicyclic amines) is 1. The van der Waals surface area contributed by atoms with Gasteiger partial charge in [0.2, 0.25) is 5.91 Å². The summed E-state index contributed by atoms with van der Waals surface area (Å²) in [6, 6.07) is 8.79. The normalized spacial score (nSPS) is 21.7. The Labute approximate surface area is 160 Å². The Bertz CT molecular complexity index is 778. The summed E-state index contributed by atoms with van der Waals surface area (Å²) < 4.78 is 1.99. The first-order chi connectivity index (χ1) is 12.4. The van der Waals surface area contributed by atoms with Gasteiger partial charge in [0.25, 0.3) is 0 Å². The van der Waals surface area contributed by atoms with E-state index in [4.69, 9.17) is 0 Å². The van der Waals surface area contributed by atoms with E-state index < -0.39 is 0 Å². The standard InChI is InChI=1S/C20H28N4OS/c1-13-9-6-7-12-17(13)18-21-22-20(23(18)5)26-16(4)19(25)24-14(2)10-8-11-15(24)3/h6-7,9,12,14-16H,8,10-11H2,1-5H3/t14-,15-,16+/m0/s1. The lowest BCUT2D eigenvalue weighted by Crippen LogP contribution is -2.50. The van der Waals surface area contributed by atoms with Crippen molar-refractivity contribution >= 4 is 17.7 Å². The van der Waals surface area contributed by atoms with E-state index in [1.54, 1.807) is 0 Å². The van der Waals surface area contributed by atoms with Gasteiger partial charge in [-0.3, -0.25) is 4.79 Å². The number of amides is 1. The lowest BCUT2D eigenvalue weighted by atomic mass is 9.97. The van der Waals surface area contributed by atoms with E-state index in [1.807, 2.05) is 30.7 Å². The van der Waals surface area contributed by atoms with Crippen LogP contribution in [0.5, 0.6) is 0 Å². The van der Waals surface area contributed by atoms with Gasteiger partial charge in [0, 0.05) is 24.7 Å². The molecule has 26 heavy (non-hydrogen) atoms. The van der Waals surface area contributed by atoms with Crippen LogP contribution in [0.2, 0.25) is 0 Å². The number of thioether (sulfide) groups is 1. The Kier molecular flexibility index (Phi) is 5.70. The molecule has 0 saturated carbocycles. The molecule has 1 aliphatic rings. The van der Waals surface area contributed by atoms with Gasteiger partial charge in [-0.15, -0.1) is 10.2 Å². The third kappa shape index (κ3) is 3.65. The van der Waals surface area contributed by atoms with Crippen molar-refractivity contribution in [3.05, 3.63) is 29.8 Å². The fraction of sp³-hybridized carbons (Fsp3) is 0.550. The predicted molar refractivity (Wildman–Crippen MR) is 106 cm³/mol. The maximum Gasteiger partial charge on any atom is 0.236 e. The number of rotatable bonds is 4. The number of carbonyl (C=O) groups is 1. The zero-order valence-electron chi connectivity index (χ0n) is 16.3. The first-order valence-electron chi connectivity index (χ1n) is 9.34. The third-order valence-electron chi connectivity index (χ3n) is 5.30. The minimum Gasteiger partial charge on any atom is -0.336 e. The van der Waals surface area contributed by atoms with E-state index in [1.165, 1.54) is 23.7 Å². The molecule has 0 bridgehead atoms. The highest BCUT2D eigenvalue weighted by molar-refractivity contribution is 8.00.